The van der Waals surface area contributed by atoms with Gasteiger partial charge in [-0.15, -0.1) is 0 Å². The SMILES string of the molecule is NC(=O)c1nc[nH]c1N/C=C/C(=O)c1ccoc1. The van der Waals surface area contributed by atoms with Crippen LogP contribution in [0.2, 0.25) is 0 Å². The van der Waals surface area contributed by atoms with Gasteiger partial charge in [0.05, 0.1) is 18.2 Å². The Labute approximate surface area is 102 Å². The normalized spacial score (nSPS) is 10.7. The quantitative estimate of drug-likeness (QED) is 0.536. The summed E-state index contributed by atoms with van der Waals surface area (Å²) >= 11 is 0. The van der Waals surface area contributed by atoms with Crippen LogP contribution in [0.25, 0.3) is 0 Å². The first-order chi connectivity index (χ1) is 8.68. The minimum atomic E-state index is -0.659. The van der Waals surface area contributed by atoms with Gasteiger partial charge in [-0.1, -0.05) is 0 Å². The lowest BCUT2D eigenvalue weighted by Gasteiger charge is -1.97. The molecule has 0 aromatic carbocycles. The summed E-state index contributed by atoms with van der Waals surface area (Å²) in [5.41, 5.74) is 5.62. The molecule has 0 radical (unpaired) electrons. The predicted molar refractivity (Wildman–Crippen MR) is 62.9 cm³/mol. The first kappa shape index (κ1) is 11.6. The molecule has 0 aliphatic heterocycles. The fourth-order valence-electron chi connectivity index (χ4n) is 1.29. The van der Waals surface area contributed by atoms with E-state index in [0.717, 1.165) is 0 Å². The zero-order valence-corrected chi connectivity index (χ0v) is 9.21. The standard InChI is InChI=1S/C11H10N4O3/c12-10(17)9-11(15-6-14-9)13-3-1-8(16)7-2-4-18-5-7/h1-6,13H,(H2,12,17)(H,14,15)/b3-1+. The van der Waals surface area contributed by atoms with Crippen molar-refractivity contribution in [2.24, 2.45) is 5.73 Å². The number of H-pyrrole nitrogens is 1. The number of nitrogens with zero attached hydrogens (tertiary/aromatic N) is 1. The van der Waals surface area contributed by atoms with E-state index in [0.29, 0.717) is 11.4 Å². The summed E-state index contributed by atoms with van der Waals surface area (Å²) in [5, 5.41) is 2.72. The van der Waals surface area contributed by atoms with Gasteiger partial charge in [0.2, 0.25) is 0 Å². The summed E-state index contributed by atoms with van der Waals surface area (Å²) in [5.74, 6) is -0.552. The number of carbonyl (C=O) groups is 2. The van der Waals surface area contributed by atoms with Gasteiger partial charge in [-0.2, -0.15) is 0 Å². The van der Waals surface area contributed by atoms with E-state index in [-0.39, 0.29) is 11.5 Å². The largest absolute Gasteiger partial charge is 0.472 e. The van der Waals surface area contributed by atoms with Crippen molar-refractivity contribution in [1.82, 2.24) is 9.97 Å². The number of aromatic nitrogens is 2. The van der Waals surface area contributed by atoms with Crippen LogP contribution in [0.1, 0.15) is 20.8 Å². The molecule has 0 saturated heterocycles. The molecule has 0 atom stereocenters. The molecule has 18 heavy (non-hydrogen) atoms. The number of hydrogen-bond acceptors (Lipinski definition) is 5. The number of imidazole rings is 1. The van der Waals surface area contributed by atoms with Crippen LogP contribution >= 0.6 is 0 Å². The Bertz CT molecular complexity index is 583. The number of rotatable bonds is 5. The van der Waals surface area contributed by atoms with E-state index in [9.17, 15) is 9.59 Å². The number of ketones is 1. The van der Waals surface area contributed by atoms with Crippen molar-refractivity contribution in [2.45, 2.75) is 0 Å². The smallest absolute Gasteiger partial charge is 0.271 e. The highest BCUT2D eigenvalue weighted by Crippen LogP contribution is 2.08. The van der Waals surface area contributed by atoms with Crippen molar-refractivity contribution in [3.63, 3.8) is 0 Å². The Morgan fingerprint density at radius 1 is 1.50 bits per heavy atom. The van der Waals surface area contributed by atoms with Gasteiger partial charge in [0.1, 0.15) is 12.1 Å². The van der Waals surface area contributed by atoms with Crippen LogP contribution in [0.5, 0.6) is 0 Å². The van der Waals surface area contributed by atoms with Crippen molar-refractivity contribution in [3.05, 3.63) is 48.5 Å². The van der Waals surface area contributed by atoms with E-state index in [1.54, 1.807) is 6.07 Å². The Morgan fingerprint density at radius 2 is 2.33 bits per heavy atom. The van der Waals surface area contributed by atoms with E-state index in [1.807, 2.05) is 0 Å². The van der Waals surface area contributed by atoms with Crippen LogP contribution in [0.15, 0.2) is 41.6 Å². The summed E-state index contributed by atoms with van der Waals surface area (Å²) in [7, 11) is 0. The summed E-state index contributed by atoms with van der Waals surface area (Å²) in [4.78, 5) is 28.9. The second-order valence-corrected chi connectivity index (χ2v) is 3.34. The third-order valence-electron chi connectivity index (χ3n) is 2.14. The maximum absolute atomic E-state index is 11.5. The molecule has 92 valence electrons. The molecule has 2 aromatic rings. The van der Waals surface area contributed by atoms with Crippen molar-refractivity contribution >= 4 is 17.5 Å². The first-order valence-electron chi connectivity index (χ1n) is 5.01. The molecule has 7 heteroatoms. The van der Waals surface area contributed by atoms with Crippen LogP contribution in [0, 0.1) is 0 Å². The highest BCUT2D eigenvalue weighted by molar-refractivity contribution is 6.04. The van der Waals surface area contributed by atoms with Crippen molar-refractivity contribution < 1.29 is 14.0 Å². The lowest BCUT2D eigenvalue weighted by molar-refractivity contribution is 0.0995. The van der Waals surface area contributed by atoms with Gasteiger partial charge in [0.15, 0.2) is 11.5 Å². The molecular formula is C11H10N4O3. The lowest BCUT2D eigenvalue weighted by atomic mass is 10.2. The molecule has 2 heterocycles. The topological polar surface area (TPSA) is 114 Å². The number of hydrogen-bond donors (Lipinski definition) is 3. The van der Waals surface area contributed by atoms with E-state index in [1.165, 1.54) is 31.1 Å². The summed E-state index contributed by atoms with van der Waals surface area (Å²) in [6.45, 7) is 0. The molecule has 0 fully saturated rings. The summed E-state index contributed by atoms with van der Waals surface area (Å²) in [6, 6.07) is 1.55. The molecule has 0 spiro atoms. The highest BCUT2D eigenvalue weighted by Gasteiger charge is 2.09. The molecule has 2 rings (SSSR count). The minimum absolute atomic E-state index is 0.0791. The summed E-state index contributed by atoms with van der Waals surface area (Å²) in [6.07, 6.45) is 6.77. The van der Waals surface area contributed by atoms with Gasteiger partial charge in [0.25, 0.3) is 5.91 Å². The number of carbonyl (C=O) groups excluding carboxylic acids is 2. The monoisotopic (exact) mass is 246 g/mol. The molecular weight excluding hydrogens is 236 g/mol. The fourth-order valence-corrected chi connectivity index (χ4v) is 1.29. The Kier molecular flexibility index (Phi) is 3.24. The molecule has 0 unspecified atom stereocenters. The van der Waals surface area contributed by atoms with E-state index in [4.69, 9.17) is 10.2 Å². The average molecular weight is 246 g/mol. The van der Waals surface area contributed by atoms with Crippen LogP contribution in [0.3, 0.4) is 0 Å². The van der Waals surface area contributed by atoms with E-state index < -0.39 is 5.91 Å². The number of anilines is 1. The molecule has 1 amide bonds. The van der Waals surface area contributed by atoms with Crippen LogP contribution in [0.4, 0.5) is 5.82 Å². The number of aromatic amines is 1. The van der Waals surface area contributed by atoms with Gasteiger partial charge in [-0.3, -0.25) is 9.59 Å². The second-order valence-electron chi connectivity index (χ2n) is 3.34. The van der Waals surface area contributed by atoms with Crippen molar-refractivity contribution in [3.8, 4) is 0 Å². The molecule has 4 N–H and O–H groups in total. The zero-order valence-electron chi connectivity index (χ0n) is 9.21. The van der Waals surface area contributed by atoms with Gasteiger partial charge >= 0.3 is 0 Å². The molecule has 2 aromatic heterocycles. The maximum Gasteiger partial charge on any atom is 0.271 e. The van der Waals surface area contributed by atoms with Gasteiger partial charge in [0, 0.05) is 12.3 Å². The molecule has 0 saturated carbocycles. The van der Waals surface area contributed by atoms with Gasteiger partial charge in [-0.25, -0.2) is 4.98 Å². The number of nitrogens with two attached hydrogens (primary N) is 1. The van der Waals surface area contributed by atoms with E-state index in [2.05, 4.69) is 15.3 Å². The summed E-state index contributed by atoms with van der Waals surface area (Å²) < 4.78 is 4.79. The predicted octanol–water partition coefficient (Wildman–Crippen LogP) is 0.910. The molecule has 7 nitrogen and oxygen atoms in total. The third kappa shape index (κ3) is 2.46. The lowest BCUT2D eigenvalue weighted by Crippen LogP contribution is -2.13. The molecule has 0 bridgehead atoms. The third-order valence-corrected chi connectivity index (χ3v) is 2.14. The van der Waals surface area contributed by atoms with Gasteiger partial charge in [-0.05, 0) is 6.07 Å². The van der Waals surface area contributed by atoms with Crippen LogP contribution in [-0.2, 0) is 0 Å². The van der Waals surface area contributed by atoms with Crippen LogP contribution < -0.4 is 11.1 Å². The molecule has 0 aliphatic rings. The van der Waals surface area contributed by atoms with E-state index >= 15 is 0 Å². The van der Waals surface area contributed by atoms with Crippen LogP contribution in [-0.4, -0.2) is 21.7 Å². The number of nitrogens with one attached hydrogen (secondary N) is 2. The average Bonchev–Trinajstić information content (AvgIpc) is 2.99. The second kappa shape index (κ2) is 5.00. The zero-order chi connectivity index (χ0) is 13.0. The highest BCUT2D eigenvalue weighted by atomic mass is 16.3. The van der Waals surface area contributed by atoms with Crippen molar-refractivity contribution in [2.75, 3.05) is 5.32 Å². The first-order valence-corrected chi connectivity index (χ1v) is 5.01. The number of primary amides is 1. The number of furan rings is 1. The Morgan fingerprint density at radius 3 is 3.00 bits per heavy atom. The number of allylic oxidation sites excluding steroid dienone is 1. The minimum Gasteiger partial charge on any atom is -0.472 e. The maximum atomic E-state index is 11.5. The molecule has 0 aliphatic carbocycles. The van der Waals surface area contributed by atoms with Crippen molar-refractivity contribution in [1.29, 1.82) is 0 Å². The number of amides is 1. The van der Waals surface area contributed by atoms with Gasteiger partial charge < -0.3 is 20.5 Å². The Hall–Kier alpha value is -2.83. The fraction of sp³-hybridized carbons (Fsp3) is 0. The Balaban J connectivity index is 2.01.